The van der Waals surface area contributed by atoms with Crippen molar-refractivity contribution in [1.29, 1.82) is 0 Å². The molecule has 7 nitrogen and oxygen atoms in total. The molecule has 0 amide bonds. The highest BCUT2D eigenvalue weighted by molar-refractivity contribution is 6.37. The Kier molecular flexibility index (Phi) is 3.68. The fourth-order valence-corrected chi connectivity index (χ4v) is 1.82. The van der Waals surface area contributed by atoms with Gasteiger partial charge in [0.15, 0.2) is 5.75 Å². The van der Waals surface area contributed by atoms with Gasteiger partial charge in [0.1, 0.15) is 0 Å². The van der Waals surface area contributed by atoms with Crippen LogP contribution in [0.15, 0.2) is 24.4 Å². The molecule has 2 rings (SSSR count). The topological polar surface area (TPSA) is 104 Å². The largest absolute Gasteiger partial charge is 0.436 e. The van der Waals surface area contributed by atoms with Crippen molar-refractivity contribution in [3.05, 3.63) is 44.6 Å². The van der Waals surface area contributed by atoms with E-state index in [1.165, 1.54) is 12.3 Å². The number of nitrogen functional groups attached to an aromatic ring is 1. The molecule has 0 radical (unpaired) electrons. The number of hydrogen-bond acceptors (Lipinski definition) is 6. The zero-order valence-electron chi connectivity index (χ0n) is 9.21. The van der Waals surface area contributed by atoms with Crippen molar-refractivity contribution >= 4 is 34.8 Å². The minimum Gasteiger partial charge on any atom is -0.436 e. The smallest absolute Gasteiger partial charge is 0.272 e. The number of nitro groups is 1. The number of nitro benzene ring substituents is 1. The molecule has 0 bridgehead atoms. The van der Waals surface area contributed by atoms with Crippen LogP contribution in [-0.2, 0) is 0 Å². The van der Waals surface area contributed by atoms with Crippen molar-refractivity contribution in [2.45, 2.75) is 0 Å². The fraction of sp³-hybridized carbons (Fsp3) is 0. The number of benzene rings is 1. The van der Waals surface area contributed by atoms with Crippen LogP contribution in [0.5, 0.6) is 11.6 Å². The normalized spacial score (nSPS) is 10.2. The molecule has 0 spiro atoms. The summed E-state index contributed by atoms with van der Waals surface area (Å²) in [7, 11) is 0. The van der Waals surface area contributed by atoms with Crippen molar-refractivity contribution in [3.8, 4) is 11.6 Å². The van der Waals surface area contributed by atoms with Gasteiger partial charge >= 0.3 is 0 Å². The Balaban J connectivity index is 2.38. The van der Waals surface area contributed by atoms with Gasteiger partial charge in [0.05, 0.1) is 15.0 Å². The zero-order chi connectivity index (χ0) is 14.0. The first-order valence-electron chi connectivity index (χ1n) is 4.87. The molecule has 0 saturated heterocycles. The zero-order valence-corrected chi connectivity index (χ0v) is 10.7. The van der Waals surface area contributed by atoms with Gasteiger partial charge in [0, 0.05) is 24.4 Å². The third-order valence-corrected chi connectivity index (χ3v) is 2.61. The minimum absolute atomic E-state index is 0.00335. The maximum Gasteiger partial charge on any atom is 0.272 e. The molecule has 2 N–H and O–H groups in total. The Labute approximate surface area is 117 Å². The van der Waals surface area contributed by atoms with Crippen LogP contribution in [0.2, 0.25) is 10.0 Å². The second-order valence-electron chi connectivity index (χ2n) is 3.35. The van der Waals surface area contributed by atoms with Crippen LogP contribution in [0, 0.1) is 10.1 Å². The lowest BCUT2D eigenvalue weighted by Crippen LogP contribution is -1.97. The highest BCUT2D eigenvalue weighted by Gasteiger charge is 2.16. The molecule has 0 atom stereocenters. The second kappa shape index (κ2) is 5.25. The standard InChI is InChI=1S/C10H6Cl2N4O3/c11-6-3-5(16(17)18)4-7(12)9(6)19-8-1-2-14-10(13)15-8/h1-4H,(H2,13,14,15). The van der Waals surface area contributed by atoms with Crippen LogP contribution in [0.3, 0.4) is 0 Å². The van der Waals surface area contributed by atoms with Gasteiger partial charge in [0.25, 0.3) is 5.69 Å². The Bertz CT molecular complexity index is 627. The van der Waals surface area contributed by atoms with Gasteiger partial charge in [-0.2, -0.15) is 4.98 Å². The molecule has 19 heavy (non-hydrogen) atoms. The Morgan fingerprint density at radius 3 is 2.47 bits per heavy atom. The molecule has 0 unspecified atom stereocenters. The highest BCUT2D eigenvalue weighted by atomic mass is 35.5. The maximum atomic E-state index is 10.6. The maximum absolute atomic E-state index is 10.6. The predicted octanol–water partition coefficient (Wildman–Crippen LogP) is 3.07. The van der Waals surface area contributed by atoms with Gasteiger partial charge in [-0.1, -0.05) is 23.2 Å². The van der Waals surface area contributed by atoms with Crippen LogP contribution < -0.4 is 10.5 Å². The minimum atomic E-state index is -0.607. The molecular weight excluding hydrogens is 295 g/mol. The Morgan fingerprint density at radius 2 is 1.95 bits per heavy atom. The molecule has 0 fully saturated rings. The van der Waals surface area contributed by atoms with Crippen LogP contribution in [0.25, 0.3) is 0 Å². The van der Waals surface area contributed by atoms with Gasteiger partial charge in [-0.3, -0.25) is 10.1 Å². The molecule has 98 valence electrons. The van der Waals surface area contributed by atoms with E-state index in [0.29, 0.717) is 0 Å². The van der Waals surface area contributed by atoms with E-state index < -0.39 is 4.92 Å². The first-order valence-corrected chi connectivity index (χ1v) is 5.63. The average molecular weight is 301 g/mol. The molecule has 2 aromatic rings. The average Bonchev–Trinajstić information content (AvgIpc) is 2.33. The second-order valence-corrected chi connectivity index (χ2v) is 4.17. The summed E-state index contributed by atoms with van der Waals surface area (Å²) in [6.07, 6.45) is 1.39. The fourth-order valence-electron chi connectivity index (χ4n) is 1.27. The first-order chi connectivity index (χ1) is 8.97. The summed E-state index contributed by atoms with van der Waals surface area (Å²) in [5.74, 6) is 0.212. The number of hydrogen-bond donors (Lipinski definition) is 1. The van der Waals surface area contributed by atoms with Gasteiger partial charge < -0.3 is 10.5 Å². The number of nitrogens with zero attached hydrogens (tertiary/aromatic N) is 3. The molecule has 0 aliphatic rings. The molecule has 0 aliphatic carbocycles. The Hall–Kier alpha value is -2.12. The third kappa shape index (κ3) is 3.01. The summed E-state index contributed by atoms with van der Waals surface area (Å²) in [4.78, 5) is 17.5. The summed E-state index contributed by atoms with van der Waals surface area (Å²) in [5, 5.41) is 10.6. The van der Waals surface area contributed by atoms with Gasteiger partial charge in [-0.05, 0) is 0 Å². The van der Waals surface area contributed by atoms with Gasteiger partial charge in [0.2, 0.25) is 11.8 Å². The van der Waals surface area contributed by atoms with Crippen molar-refractivity contribution in [2.75, 3.05) is 5.73 Å². The van der Waals surface area contributed by atoms with E-state index in [1.54, 1.807) is 0 Å². The van der Waals surface area contributed by atoms with Gasteiger partial charge in [-0.25, -0.2) is 4.98 Å². The summed E-state index contributed by atoms with van der Waals surface area (Å²) in [6.45, 7) is 0. The number of nitrogens with two attached hydrogens (primary N) is 1. The lowest BCUT2D eigenvalue weighted by molar-refractivity contribution is -0.384. The summed E-state index contributed by atoms with van der Waals surface area (Å²) in [5.41, 5.74) is 5.16. The van der Waals surface area contributed by atoms with E-state index in [2.05, 4.69) is 9.97 Å². The van der Waals surface area contributed by atoms with Crippen LogP contribution >= 0.6 is 23.2 Å². The first kappa shape index (κ1) is 13.3. The molecule has 9 heteroatoms. The Morgan fingerprint density at radius 1 is 1.32 bits per heavy atom. The number of halogens is 2. The van der Waals surface area contributed by atoms with E-state index in [4.69, 9.17) is 33.7 Å². The lowest BCUT2D eigenvalue weighted by atomic mass is 10.3. The third-order valence-electron chi connectivity index (χ3n) is 2.05. The monoisotopic (exact) mass is 300 g/mol. The van der Waals surface area contributed by atoms with E-state index in [0.717, 1.165) is 12.1 Å². The molecule has 1 heterocycles. The van der Waals surface area contributed by atoms with Crippen LogP contribution in [-0.4, -0.2) is 14.9 Å². The summed E-state index contributed by atoms with van der Waals surface area (Å²) < 4.78 is 5.34. The summed E-state index contributed by atoms with van der Waals surface area (Å²) in [6, 6.07) is 3.71. The van der Waals surface area contributed by atoms with E-state index in [9.17, 15) is 10.1 Å². The van der Waals surface area contributed by atoms with E-state index >= 15 is 0 Å². The van der Waals surface area contributed by atoms with Gasteiger partial charge in [-0.15, -0.1) is 0 Å². The van der Waals surface area contributed by atoms with Crippen molar-refractivity contribution in [2.24, 2.45) is 0 Å². The number of rotatable bonds is 3. The predicted molar refractivity (Wildman–Crippen MR) is 69.6 cm³/mol. The number of non-ortho nitro benzene ring substituents is 1. The van der Waals surface area contributed by atoms with E-state index in [-0.39, 0.29) is 33.3 Å². The van der Waals surface area contributed by atoms with Crippen molar-refractivity contribution in [1.82, 2.24) is 9.97 Å². The molecular formula is C10H6Cl2N4O3. The van der Waals surface area contributed by atoms with Crippen LogP contribution in [0.4, 0.5) is 11.6 Å². The van der Waals surface area contributed by atoms with Crippen LogP contribution in [0.1, 0.15) is 0 Å². The molecule has 0 saturated carbocycles. The van der Waals surface area contributed by atoms with E-state index in [1.807, 2.05) is 0 Å². The van der Waals surface area contributed by atoms with Crippen molar-refractivity contribution < 1.29 is 9.66 Å². The molecule has 1 aromatic heterocycles. The number of anilines is 1. The molecule has 0 aliphatic heterocycles. The SMILES string of the molecule is Nc1nccc(Oc2c(Cl)cc([N+](=O)[O-])cc2Cl)n1. The lowest BCUT2D eigenvalue weighted by Gasteiger charge is -2.08. The molecule has 1 aromatic carbocycles. The number of aromatic nitrogens is 2. The summed E-state index contributed by atoms with van der Waals surface area (Å²) >= 11 is 11.8. The van der Waals surface area contributed by atoms with Crippen molar-refractivity contribution in [3.63, 3.8) is 0 Å². The quantitative estimate of drug-likeness (QED) is 0.690. The highest BCUT2D eigenvalue weighted by Crippen LogP contribution is 2.38. The number of ether oxygens (including phenoxy) is 1.